The number of fused-ring (bicyclic) bond motifs is 4. The summed E-state index contributed by atoms with van der Waals surface area (Å²) in [6.45, 7) is 3.92. The number of carbonyl (C=O) groups excluding carboxylic acids is 1. The Morgan fingerprint density at radius 1 is 1.19 bits per heavy atom. The lowest BCUT2D eigenvalue weighted by molar-refractivity contribution is 0.0483. The highest BCUT2D eigenvalue weighted by molar-refractivity contribution is 5.86. The van der Waals surface area contributed by atoms with Crippen molar-refractivity contribution in [2.75, 3.05) is 44.2 Å². The highest BCUT2D eigenvalue weighted by Gasteiger charge is 2.38. The molecule has 0 spiro atoms. The summed E-state index contributed by atoms with van der Waals surface area (Å²) in [4.78, 5) is 28.7. The Morgan fingerprint density at radius 3 is 2.89 bits per heavy atom. The monoisotopic (exact) mass is 491 g/mol. The third-order valence-corrected chi connectivity index (χ3v) is 6.34. The van der Waals surface area contributed by atoms with E-state index in [4.69, 9.17) is 24.2 Å². The average Bonchev–Trinajstić information content (AvgIpc) is 3.52. The first-order valence-corrected chi connectivity index (χ1v) is 11.6. The Kier molecular flexibility index (Phi) is 5.40. The molecule has 2 atom stereocenters. The molecule has 2 aliphatic heterocycles. The number of methoxy groups -OCH3 is 1. The quantitative estimate of drug-likeness (QED) is 0.404. The molecule has 5 heterocycles. The Hall–Kier alpha value is -4.26. The zero-order chi connectivity index (χ0) is 24.8. The fourth-order valence-electron chi connectivity index (χ4n) is 4.71. The lowest BCUT2D eigenvalue weighted by atomic mass is 10.1. The van der Waals surface area contributed by atoms with Crippen LogP contribution in [0.4, 0.5) is 11.8 Å². The molecule has 13 heteroatoms. The average molecular weight is 492 g/mol. The van der Waals surface area contributed by atoms with Crippen LogP contribution in [0.3, 0.4) is 0 Å². The second-order valence-corrected chi connectivity index (χ2v) is 8.68. The number of para-hydroxylation sites is 2. The van der Waals surface area contributed by atoms with Gasteiger partial charge in [0.25, 0.3) is 0 Å². The molecule has 0 bridgehead atoms. The van der Waals surface area contributed by atoms with E-state index < -0.39 is 5.97 Å². The number of aromatic nitrogens is 7. The molecule has 1 N–H and O–H groups in total. The third kappa shape index (κ3) is 3.59. The van der Waals surface area contributed by atoms with Gasteiger partial charge in [-0.25, -0.2) is 24.0 Å². The number of esters is 1. The molecule has 4 aromatic rings. The standard InChI is InChI=1S/C23H25N9O4/c1-13-10-35-11-14-12-36-19-16(8-30-9-17(28-29-30)21(33)34-3)26-23(27-20(19)31(13)14)32-18-7-5-4-6-15(18)25-22(32)24-2/h4-7,9,13-14H,8,10-12H2,1-3H3,(H,24,25)/t13-,14+/m1/s1. The van der Waals surface area contributed by atoms with Gasteiger partial charge < -0.3 is 24.4 Å². The van der Waals surface area contributed by atoms with E-state index in [2.05, 4.69) is 32.4 Å². The largest absolute Gasteiger partial charge is 0.486 e. The van der Waals surface area contributed by atoms with Gasteiger partial charge in [-0.3, -0.25) is 0 Å². The van der Waals surface area contributed by atoms with Gasteiger partial charge >= 0.3 is 5.97 Å². The van der Waals surface area contributed by atoms with Crippen molar-refractivity contribution in [3.05, 3.63) is 41.9 Å². The first kappa shape index (κ1) is 22.2. The van der Waals surface area contributed by atoms with E-state index in [-0.39, 0.29) is 24.3 Å². The number of nitrogens with one attached hydrogen (secondary N) is 1. The Balaban J connectivity index is 1.53. The number of carbonyl (C=O) groups is 1. The molecular formula is C23H25N9O4. The van der Waals surface area contributed by atoms with E-state index in [1.54, 1.807) is 0 Å². The zero-order valence-corrected chi connectivity index (χ0v) is 20.1. The lowest BCUT2D eigenvalue weighted by Gasteiger charge is -2.44. The Labute approximate surface area is 206 Å². The first-order chi connectivity index (χ1) is 17.6. The van der Waals surface area contributed by atoms with Crippen LogP contribution < -0.4 is 15.0 Å². The van der Waals surface area contributed by atoms with E-state index in [1.165, 1.54) is 18.0 Å². The van der Waals surface area contributed by atoms with Crippen LogP contribution >= 0.6 is 0 Å². The molecule has 6 rings (SSSR count). The highest BCUT2D eigenvalue weighted by atomic mass is 16.5. The van der Waals surface area contributed by atoms with E-state index >= 15 is 0 Å². The van der Waals surface area contributed by atoms with Gasteiger partial charge in [-0.1, -0.05) is 17.3 Å². The predicted molar refractivity (Wildman–Crippen MR) is 129 cm³/mol. The van der Waals surface area contributed by atoms with Gasteiger partial charge in [-0.05, 0) is 19.1 Å². The Bertz CT molecular complexity index is 1450. The fraction of sp³-hybridized carbons (Fsp3) is 0.391. The van der Waals surface area contributed by atoms with Crippen molar-refractivity contribution in [1.82, 2.24) is 34.5 Å². The lowest BCUT2D eigenvalue weighted by Crippen LogP contribution is -2.56. The fourth-order valence-corrected chi connectivity index (χ4v) is 4.71. The summed E-state index contributed by atoms with van der Waals surface area (Å²) in [6.07, 6.45) is 1.52. The number of morpholine rings is 1. The first-order valence-electron chi connectivity index (χ1n) is 11.6. The Morgan fingerprint density at radius 2 is 2.06 bits per heavy atom. The summed E-state index contributed by atoms with van der Waals surface area (Å²) >= 11 is 0. The van der Waals surface area contributed by atoms with Gasteiger partial charge in [-0.15, -0.1) is 5.10 Å². The number of ether oxygens (including phenoxy) is 3. The predicted octanol–water partition coefficient (Wildman–Crippen LogP) is 1.27. The molecule has 186 valence electrons. The number of benzene rings is 1. The van der Waals surface area contributed by atoms with Gasteiger partial charge in [-0.2, -0.15) is 4.98 Å². The van der Waals surface area contributed by atoms with E-state index in [1.807, 2.05) is 35.9 Å². The van der Waals surface area contributed by atoms with Crippen LogP contribution in [-0.4, -0.2) is 86.5 Å². The SMILES string of the molecule is CNc1nc2ccccc2n1-c1nc(Cn2cc(C(=O)OC)nn2)c2c(n1)N1[C@@H](COC[C@H]1C)CO2. The molecule has 3 aromatic heterocycles. The van der Waals surface area contributed by atoms with Crippen molar-refractivity contribution in [3.63, 3.8) is 0 Å². The maximum absolute atomic E-state index is 11.9. The minimum Gasteiger partial charge on any atom is -0.486 e. The number of hydrogen-bond donors (Lipinski definition) is 1. The second kappa shape index (κ2) is 8.75. The highest BCUT2D eigenvalue weighted by Crippen LogP contribution is 2.39. The summed E-state index contributed by atoms with van der Waals surface area (Å²) in [7, 11) is 3.11. The molecule has 0 aliphatic carbocycles. The van der Waals surface area contributed by atoms with Gasteiger partial charge in [0.1, 0.15) is 12.3 Å². The van der Waals surface area contributed by atoms with Crippen LogP contribution in [0.5, 0.6) is 5.75 Å². The van der Waals surface area contributed by atoms with Crippen molar-refractivity contribution >= 4 is 28.8 Å². The summed E-state index contributed by atoms with van der Waals surface area (Å²) in [5.74, 6) is 1.76. The number of rotatable bonds is 5. The van der Waals surface area contributed by atoms with Crippen LogP contribution in [-0.2, 0) is 16.0 Å². The third-order valence-electron chi connectivity index (χ3n) is 6.34. The molecule has 36 heavy (non-hydrogen) atoms. The second-order valence-electron chi connectivity index (χ2n) is 8.68. The zero-order valence-electron chi connectivity index (χ0n) is 20.1. The summed E-state index contributed by atoms with van der Waals surface area (Å²) in [6, 6.07) is 7.95. The van der Waals surface area contributed by atoms with Crippen LogP contribution in [0.15, 0.2) is 30.5 Å². The molecular weight excluding hydrogens is 466 g/mol. The molecule has 0 saturated carbocycles. The molecule has 0 unspecified atom stereocenters. The number of imidazole rings is 1. The van der Waals surface area contributed by atoms with Crippen LogP contribution in [0.2, 0.25) is 0 Å². The van der Waals surface area contributed by atoms with E-state index in [9.17, 15) is 4.79 Å². The minimum absolute atomic E-state index is 0.0393. The van der Waals surface area contributed by atoms with E-state index in [0.717, 1.165) is 11.0 Å². The number of nitrogens with zero attached hydrogens (tertiary/aromatic N) is 8. The topological polar surface area (TPSA) is 134 Å². The molecule has 13 nitrogen and oxygen atoms in total. The van der Waals surface area contributed by atoms with Gasteiger partial charge in [0, 0.05) is 7.05 Å². The van der Waals surface area contributed by atoms with Gasteiger partial charge in [0.2, 0.25) is 11.9 Å². The minimum atomic E-state index is -0.559. The van der Waals surface area contributed by atoms with Crippen LogP contribution in [0.25, 0.3) is 17.0 Å². The molecule has 0 radical (unpaired) electrons. The van der Waals surface area contributed by atoms with Crippen molar-refractivity contribution in [1.29, 1.82) is 0 Å². The van der Waals surface area contributed by atoms with Gasteiger partial charge in [0.05, 0.1) is 56.2 Å². The number of anilines is 2. The molecule has 1 aromatic carbocycles. The summed E-state index contributed by atoms with van der Waals surface area (Å²) < 4.78 is 20.1. The molecule has 2 aliphatic rings. The van der Waals surface area contributed by atoms with Crippen molar-refractivity contribution < 1.29 is 19.0 Å². The summed E-state index contributed by atoms with van der Waals surface area (Å²) in [5, 5.41) is 11.2. The maximum atomic E-state index is 11.9. The number of hydrogen-bond acceptors (Lipinski definition) is 11. The molecule has 1 fully saturated rings. The van der Waals surface area contributed by atoms with Crippen molar-refractivity contribution in [3.8, 4) is 11.7 Å². The van der Waals surface area contributed by atoms with Crippen molar-refractivity contribution in [2.24, 2.45) is 0 Å². The van der Waals surface area contributed by atoms with Crippen LogP contribution in [0, 0.1) is 0 Å². The molecule has 1 saturated heterocycles. The van der Waals surface area contributed by atoms with Gasteiger partial charge in [0.15, 0.2) is 17.3 Å². The molecule has 0 amide bonds. The summed E-state index contributed by atoms with van der Waals surface area (Å²) in [5.41, 5.74) is 2.40. The normalized spacial score (nSPS) is 18.9. The van der Waals surface area contributed by atoms with E-state index in [0.29, 0.717) is 49.0 Å². The van der Waals surface area contributed by atoms with Crippen molar-refractivity contribution in [2.45, 2.75) is 25.6 Å². The maximum Gasteiger partial charge on any atom is 0.360 e. The smallest absolute Gasteiger partial charge is 0.360 e. The van der Waals surface area contributed by atoms with Crippen LogP contribution in [0.1, 0.15) is 23.1 Å².